The van der Waals surface area contributed by atoms with Crippen molar-refractivity contribution in [1.82, 2.24) is 0 Å². The van der Waals surface area contributed by atoms with Crippen molar-refractivity contribution >= 4 is 21.4 Å². The molecule has 0 saturated heterocycles. The Kier molecular flexibility index (Phi) is 4.05. The summed E-state index contributed by atoms with van der Waals surface area (Å²) in [6, 6.07) is 14.8. The van der Waals surface area contributed by atoms with Gasteiger partial charge in [0.05, 0.1) is 16.3 Å². The van der Waals surface area contributed by atoms with Gasteiger partial charge in [0.15, 0.2) is 0 Å². The van der Waals surface area contributed by atoms with E-state index in [1.807, 2.05) is 0 Å². The molecular weight excluding hydrogens is 276 g/mol. The lowest BCUT2D eigenvalue weighted by atomic mass is 10.1. The van der Waals surface area contributed by atoms with Crippen LogP contribution in [0.15, 0.2) is 64.6 Å². The first-order valence-electron chi connectivity index (χ1n) is 5.90. The fourth-order valence-corrected chi connectivity index (χ4v) is 2.85. The van der Waals surface area contributed by atoms with Gasteiger partial charge in [-0.2, -0.15) is 0 Å². The number of anilines is 1. The molecule has 2 rings (SSSR count). The Bertz CT molecular complexity index is 725. The third kappa shape index (κ3) is 2.97. The van der Waals surface area contributed by atoms with Crippen LogP contribution in [0.1, 0.15) is 12.5 Å². The molecule has 0 atom stereocenters. The first-order valence-corrected chi connectivity index (χ1v) is 7.39. The van der Waals surface area contributed by atoms with Crippen LogP contribution >= 0.6 is 0 Å². The summed E-state index contributed by atoms with van der Waals surface area (Å²) in [5.74, 6) is 0. The van der Waals surface area contributed by atoms with Gasteiger partial charge >= 0.3 is 0 Å². The van der Waals surface area contributed by atoms with Crippen LogP contribution in [0.3, 0.4) is 0 Å². The second-order valence-electron chi connectivity index (χ2n) is 4.15. The summed E-state index contributed by atoms with van der Waals surface area (Å²) in [5, 5.41) is 11.9. The molecule has 0 radical (unpaired) electrons. The monoisotopic (exact) mass is 290 g/mol. The zero-order valence-electron chi connectivity index (χ0n) is 10.8. The van der Waals surface area contributed by atoms with Gasteiger partial charge in [0, 0.05) is 5.56 Å². The number of nitrogens with zero attached hydrogens (tertiary/aromatic N) is 1. The Morgan fingerprint density at radius 3 is 2.30 bits per heavy atom. The molecule has 0 aliphatic rings. The predicted molar refractivity (Wildman–Crippen MR) is 77.7 cm³/mol. The van der Waals surface area contributed by atoms with E-state index in [2.05, 4.69) is 9.88 Å². The van der Waals surface area contributed by atoms with Crippen LogP contribution in [0.2, 0.25) is 0 Å². The van der Waals surface area contributed by atoms with Crippen LogP contribution < -0.4 is 4.72 Å². The van der Waals surface area contributed by atoms with Gasteiger partial charge in [-0.05, 0) is 25.1 Å². The molecule has 20 heavy (non-hydrogen) atoms. The molecule has 0 fully saturated rings. The van der Waals surface area contributed by atoms with Crippen molar-refractivity contribution in [2.45, 2.75) is 11.8 Å². The maximum Gasteiger partial charge on any atom is 0.261 e. The van der Waals surface area contributed by atoms with E-state index >= 15 is 0 Å². The molecule has 2 aromatic rings. The lowest BCUT2D eigenvalue weighted by Crippen LogP contribution is -2.15. The van der Waals surface area contributed by atoms with Gasteiger partial charge in [-0.3, -0.25) is 4.72 Å². The molecule has 0 heterocycles. The number of hydrogen-bond donors (Lipinski definition) is 2. The summed E-state index contributed by atoms with van der Waals surface area (Å²) in [6.07, 6.45) is 0. The number of nitrogens with one attached hydrogen (secondary N) is 1. The first-order chi connectivity index (χ1) is 9.54. The van der Waals surface area contributed by atoms with Crippen LogP contribution in [0.25, 0.3) is 0 Å². The van der Waals surface area contributed by atoms with Crippen molar-refractivity contribution in [2.24, 2.45) is 5.16 Å². The molecule has 0 aromatic heterocycles. The van der Waals surface area contributed by atoms with Crippen molar-refractivity contribution in [2.75, 3.05) is 4.72 Å². The highest BCUT2D eigenvalue weighted by molar-refractivity contribution is 7.92. The average Bonchev–Trinajstić information content (AvgIpc) is 2.47. The van der Waals surface area contributed by atoms with E-state index in [1.165, 1.54) is 12.1 Å². The zero-order chi connectivity index (χ0) is 14.6. The molecule has 0 saturated carbocycles. The quantitative estimate of drug-likeness (QED) is 0.516. The minimum atomic E-state index is -3.66. The van der Waals surface area contributed by atoms with E-state index in [-0.39, 0.29) is 4.90 Å². The molecule has 5 nitrogen and oxygen atoms in total. The predicted octanol–water partition coefficient (Wildman–Crippen LogP) is 2.69. The van der Waals surface area contributed by atoms with Crippen molar-refractivity contribution < 1.29 is 13.6 Å². The minimum Gasteiger partial charge on any atom is -0.411 e. The molecule has 0 unspecified atom stereocenters. The second-order valence-corrected chi connectivity index (χ2v) is 5.83. The highest BCUT2D eigenvalue weighted by atomic mass is 32.2. The average molecular weight is 290 g/mol. The number of hydrogen-bond acceptors (Lipinski definition) is 4. The Morgan fingerprint density at radius 2 is 1.65 bits per heavy atom. The van der Waals surface area contributed by atoms with E-state index in [9.17, 15) is 8.42 Å². The zero-order valence-corrected chi connectivity index (χ0v) is 11.6. The largest absolute Gasteiger partial charge is 0.411 e. The fourth-order valence-electron chi connectivity index (χ4n) is 1.74. The van der Waals surface area contributed by atoms with Crippen molar-refractivity contribution in [3.8, 4) is 0 Å². The third-order valence-corrected chi connectivity index (χ3v) is 4.15. The Labute approximate surface area is 117 Å². The second kappa shape index (κ2) is 5.75. The summed E-state index contributed by atoms with van der Waals surface area (Å²) in [6.45, 7) is 1.59. The summed E-state index contributed by atoms with van der Waals surface area (Å²) in [4.78, 5) is 0.174. The van der Waals surface area contributed by atoms with Crippen molar-refractivity contribution in [3.05, 3.63) is 60.2 Å². The summed E-state index contributed by atoms with van der Waals surface area (Å²) < 4.78 is 27.0. The molecule has 0 aliphatic heterocycles. The normalized spacial score (nSPS) is 12.2. The molecule has 0 amide bonds. The van der Waals surface area contributed by atoms with Crippen LogP contribution in [0, 0.1) is 0 Å². The van der Waals surface area contributed by atoms with Gasteiger partial charge < -0.3 is 5.21 Å². The molecule has 6 heteroatoms. The number of oxime groups is 1. The standard InChI is InChI=1S/C14H14N2O3S/c1-11(15-17)13-9-5-6-10-14(13)16-20(18,19)12-7-3-2-4-8-12/h2-10,16-17H,1H3/b15-11+. The smallest absolute Gasteiger partial charge is 0.261 e. The topological polar surface area (TPSA) is 78.8 Å². The molecule has 0 bridgehead atoms. The van der Waals surface area contributed by atoms with Crippen LogP contribution in [-0.4, -0.2) is 19.3 Å². The molecule has 0 spiro atoms. The Hall–Kier alpha value is -2.34. The van der Waals surface area contributed by atoms with E-state index in [0.717, 1.165) is 0 Å². The van der Waals surface area contributed by atoms with Gasteiger partial charge in [-0.25, -0.2) is 8.42 Å². The van der Waals surface area contributed by atoms with E-state index < -0.39 is 10.0 Å². The van der Waals surface area contributed by atoms with Gasteiger partial charge in [0.1, 0.15) is 0 Å². The molecule has 0 aliphatic carbocycles. The molecule has 2 aromatic carbocycles. The van der Waals surface area contributed by atoms with E-state index in [0.29, 0.717) is 17.0 Å². The molecule has 2 N–H and O–H groups in total. The SMILES string of the molecule is C/C(=N\O)c1ccccc1NS(=O)(=O)c1ccccc1. The van der Waals surface area contributed by atoms with E-state index in [4.69, 9.17) is 5.21 Å². The van der Waals surface area contributed by atoms with Crippen molar-refractivity contribution in [1.29, 1.82) is 0 Å². The number of para-hydroxylation sites is 1. The van der Waals surface area contributed by atoms with Gasteiger partial charge in [0.2, 0.25) is 0 Å². The highest BCUT2D eigenvalue weighted by Gasteiger charge is 2.16. The lowest BCUT2D eigenvalue weighted by molar-refractivity contribution is 0.319. The Balaban J connectivity index is 2.41. The number of benzene rings is 2. The fraction of sp³-hybridized carbons (Fsp3) is 0.0714. The van der Waals surface area contributed by atoms with Gasteiger partial charge in [-0.15, -0.1) is 0 Å². The number of sulfonamides is 1. The first kappa shape index (κ1) is 14.1. The summed E-state index contributed by atoms with van der Waals surface area (Å²) >= 11 is 0. The maximum absolute atomic E-state index is 12.3. The minimum absolute atomic E-state index is 0.174. The lowest BCUT2D eigenvalue weighted by Gasteiger charge is -2.11. The Morgan fingerprint density at radius 1 is 1.05 bits per heavy atom. The molecular formula is C14H14N2O3S. The summed E-state index contributed by atoms with van der Waals surface area (Å²) in [5.41, 5.74) is 1.22. The third-order valence-electron chi connectivity index (χ3n) is 2.76. The summed E-state index contributed by atoms with van der Waals surface area (Å²) in [7, 11) is -3.66. The van der Waals surface area contributed by atoms with E-state index in [1.54, 1.807) is 49.4 Å². The van der Waals surface area contributed by atoms with Gasteiger partial charge in [0.25, 0.3) is 10.0 Å². The molecule has 104 valence electrons. The van der Waals surface area contributed by atoms with Crippen LogP contribution in [-0.2, 0) is 10.0 Å². The highest BCUT2D eigenvalue weighted by Crippen LogP contribution is 2.20. The van der Waals surface area contributed by atoms with Crippen molar-refractivity contribution in [3.63, 3.8) is 0 Å². The van der Waals surface area contributed by atoms with Crippen LogP contribution in [0.5, 0.6) is 0 Å². The number of rotatable bonds is 4. The maximum atomic E-state index is 12.3. The van der Waals surface area contributed by atoms with Crippen LogP contribution in [0.4, 0.5) is 5.69 Å². The van der Waals surface area contributed by atoms with Gasteiger partial charge in [-0.1, -0.05) is 41.6 Å².